The second kappa shape index (κ2) is 4.33. The number of rotatable bonds is 3. The van der Waals surface area contributed by atoms with Gasteiger partial charge in [-0.05, 0) is 25.4 Å². The van der Waals surface area contributed by atoms with Crippen molar-refractivity contribution in [2.75, 3.05) is 5.32 Å². The number of anilines is 1. The SMILES string of the molecule is Cc1cc(CNc2snc(C)c2C#N)on1. The summed E-state index contributed by atoms with van der Waals surface area (Å²) in [6.07, 6.45) is 0. The Labute approximate surface area is 96.9 Å². The maximum absolute atomic E-state index is 8.93. The molecular formula is C10H10N4OS. The van der Waals surface area contributed by atoms with E-state index in [9.17, 15) is 0 Å². The molecule has 0 saturated carbocycles. The van der Waals surface area contributed by atoms with Gasteiger partial charge in [0.1, 0.15) is 16.6 Å². The van der Waals surface area contributed by atoms with Crippen molar-refractivity contribution in [1.82, 2.24) is 9.53 Å². The average Bonchev–Trinajstić information content (AvgIpc) is 2.82. The van der Waals surface area contributed by atoms with E-state index in [1.807, 2.05) is 19.9 Å². The summed E-state index contributed by atoms with van der Waals surface area (Å²) in [5.74, 6) is 0.743. The van der Waals surface area contributed by atoms with Crippen LogP contribution in [0.15, 0.2) is 10.6 Å². The largest absolute Gasteiger partial charge is 0.367 e. The third-order valence-electron chi connectivity index (χ3n) is 2.07. The summed E-state index contributed by atoms with van der Waals surface area (Å²) in [6, 6.07) is 3.98. The zero-order valence-electron chi connectivity index (χ0n) is 8.94. The number of hydrogen-bond donors (Lipinski definition) is 1. The Kier molecular flexibility index (Phi) is 2.88. The Bertz CT molecular complexity index is 537. The van der Waals surface area contributed by atoms with Crippen LogP contribution >= 0.6 is 11.5 Å². The smallest absolute Gasteiger partial charge is 0.156 e. The Balaban J connectivity index is 2.08. The van der Waals surface area contributed by atoms with Gasteiger partial charge < -0.3 is 9.84 Å². The summed E-state index contributed by atoms with van der Waals surface area (Å²) in [7, 11) is 0. The molecule has 0 aliphatic carbocycles. The lowest BCUT2D eigenvalue weighted by Gasteiger charge is -1.99. The molecule has 0 bridgehead atoms. The van der Waals surface area contributed by atoms with Gasteiger partial charge in [0, 0.05) is 6.07 Å². The molecule has 0 aliphatic heterocycles. The molecule has 2 rings (SSSR count). The minimum absolute atomic E-state index is 0.511. The van der Waals surface area contributed by atoms with Gasteiger partial charge in [0.2, 0.25) is 0 Å². The lowest BCUT2D eigenvalue weighted by atomic mass is 10.3. The number of aromatic nitrogens is 2. The van der Waals surface area contributed by atoms with Crippen molar-refractivity contribution in [1.29, 1.82) is 5.26 Å². The standard InChI is InChI=1S/C10H10N4OS/c1-6-3-8(15-13-6)5-12-10-9(4-11)7(2)14-16-10/h3,12H,5H2,1-2H3. The molecule has 6 heteroatoms. The van der Waals surface area contributed by atoms with Crippen LogP contribution in [0, 0.1) is 25.2 Å². The highest BCUT2D eigenvalue weighted by molar-refractivity contribution is 7.10. The molecule has 0 aliphatic rings. The Hall–Kier alpha value is -1.87. The maximum Gasteiger partial charge on any atom is 0.156 e. The van der Waals surface area contributed by atoms with Gasteiger partial charge in [-0.15, -0.1) is 0 Å². The van der Waals surface area contributed by atoms with E-state index in [-0.39, 0.29) is 0 Å². The quantitative estimate of drug-likeness (QED) is 0.881. The maximum atomic E-state index is 8.93. The first kappa shape index (κ1) is 10.6. The molecule has 0 aromatic carbocycles. The molecule has 16 heavy (non-hydrogen) atoms. The number of nitrogens with one attached hydrogen (secondary N) is 1. The van der Waals surface area contributed by atoms with E-state index < -0.39 is 0 Å². The number of aryl methyl sites for hydroxylation is 2. The van der Waals surface area contributed by atoms with E-state index in [1.54, 1.807) is 0 Å². The molecule has 0 unspecified atom stereocenters. The third-order valence-corrected chi connectivity index (χ3v) is 2.97. The highest BCUT2D eigenvalue weighted by Gasteiger charge is 2.10. The Morgan fingerprint density at radius 2 is 2.38 bits per heavy atom. The van der Waals surface area contributed by atoms with E-state index in [0.29, 0.717) is 12.1 Å². The zero-order valence-corrected chi connectivity index (χ0v) is 9.76. The molecule has 5 nitrogen and oxygen atoms in total. The van der Waals surface area contributed by atoms with Crippen molar-refractivity contribution in [2.45, 2.75) is 20.4 Å². The van der Waals surface area contributed by atoms with Gasteiger partial charge in [-0.2, -0.15) is 9.64 Å². The summed E-state index contributed by atoms with van der Waals surface area (Å²) >= 11 is 1.28. The molecule has 2 heterocycles. The van der Waals surface area contributed by atoms with E-state index in [2.05, 4.69) is 20.9 Å². The first-order valence-corrected chi connectivity index (χ1v) is 5.50. The molecule has 82 valence electrons. The monoisotopic (exact) mass is 234 g/mol. The fraction of sp³-hybridized carbons (Fsp3) is 0.300. The topological polar surface area (TPSA) is 74.7 Å². The molecule has 2 aromatic heterocycles. The fourth-order valence-electron chi connectivity index (χ4n) is 1.29. The highest BCUT2D eigenvalue weighted by Crippen LogP contribution is 2.23. The summed E-state index contributed by atoms with van der Waals surface area (Å²) in [4.78, 5) is 0. The number of hydrogen-bond acceptors (Lipinski definition) is 6. The number of nitriles is 1. The lowest BCUT2D eigenvalue weighted by molar-refractivity contribution is 0.384. The normalized spacial score (nSPS) is 10.1. The van der Waals surface area contributed by atoms with Crippen LogP contribution in [0.2, 0.25) is 0 Å². The molecule has 2 aromatic rings. The zero-order chi connectivity index (χ0) is 11.5. The van der Waals surface area contributed by atoms with Crippen molar-refractivity contribution in [3.05, 3.63) is 28.8 Å². The van der Waals surface area contributed by atoms with Crippen molar-refractivity contribution in [2.24, 2.45) is 0 Å². The van der Waals surface area contributed by atoms with Crippen LogP contribution in [0.1, 0.15) is 22.7 Å². The van der Waals surface area contributed by atoms with Gasteiger partial charge >= 0.3 is 0 Å². The van der Waals surface area contributed by atoms with Gasteiger partial charge in [0.05, 0.1) is 17.9 Å². The van der Waals surface area contributed by atoms with E-state index in [4.69, 9.17) is 9.78 Å². The molecule has 0 amide bonds. The molecule has 1 N–H and O–H groups in total. The second-order valence-electron chi connectivity index (χ2n) is 3.37. The molecule has 0 spiro atoms. The molecule has 0 fully saturated rings. The van der Waals surface area contributed by atoms with Crippen molar-refractivity contribution in [3.8, 4) is 6.07 Å². The minimum atomic E-state index is 0.511. The van der Waals surface area contributed by atoms with Gasteiger partial charge in [0.15, 0.2) is 5.76 Å². The van der Waals surface area contributed by atoms with E-state index in [1.165, 1.54) is 11.5 Å². The molecule has 0 saturated heterocycles. The van der Waals surface area contributed by atoms with Crippen LogP contribution in [0.5, 0.6) is 0 Å². The summed E-state index contributed by atoms with van der Waals surface area (Å²) in [5, 5.41) is 16.6. The van der Waals surface area contributed by atoms with Crippen LogP contribution in [-0.4, -0.2) is 9.53 Å². The summed E-state index contributed by atoms with van der Waals surface area (Å²) < 4.78 is 9.17. The lowest BCUT2D eigenvalue weighted by Crippen LogP contribution is -1.97. The van der Waals surface area contributed by atoms with Gasteiger partial charge in [-0.3, -0.25) is 0 Å². The predicted molar refractivity (Wildman–Crippen MR) is 60.1 cm³/mol. The fourth-order valence-corrected chi connectivity index (χ4v) is 2.03. The van der Waals surface area contributed by atoms with Gasteiger partial charge in [-0.25, -0.2) is 0 Å². The van der Waals surface area contributed by atoms with Crippen molar-refractivity contribution >= 4 is 16.5 Å². The minimum Gasteiger partial charge on any atom is -0.367 e. The van der Waals surface area contributed by atoms with Crippen LogP contribution in [-0.2, 0) is 6.54 Å². The van der Waals surface area contributed by atoms with Gasteiger partial charge in [-0.1, -0.05) is 5.16 Å². The summed E-state index contributed by atoms with van der Waals surface area (Å²) in [5.41, 5.74) is 2.20. The number of nitrogens with zero attached hydrogens (tertiary/aromatic N) is 3. The van der Waals surface area contributed by atoms with Crippen molar-refractivity contribution in [3.63, 3.8) is 0 Å². The Morgan fingerprint density at radius 3 is 3.00 bits per heavy atom. The summed E-state index contributed by atoms with van der Waals surface area (Å²) in [6.45, 7) is 4.19. The predicted octanol–water partition coefficient (Wildman–Crippen LogP) is 2.23. The third kappa shape index (κ3) is 2.04. The van der Waals surface area contributed by atoms with Crippen LogP contribution in [0.4, 0.5) is 5.00 Å². The van der Waals surface area contributed by atoms with Gasteiger partial charge in [0.25, 0.3) is 0 Å². The first-order valence-electron chi connectivity index (χ1n) is 4.73. The molecular weight excluding hydrogens is 224 g/mol. The van der Waals surface area contributed by atoms with E-state index >= 15 is 0 Å². The average molecular weight is 234 g/mol. The van der Waals surface area contributed by atoms with E-state index in [0.717, 1.165) is 22.1 Å². The van der Waals surface area contributed by atoms with Crippen LogP contribution in [0.25, 0.3) is 0 Å². The van der Waals surface area contributed by atoms with Crippen LogP contribution < -0.4 is 5.32 Å². The second-order valence-corrected chi connectivity index (χ2v) is 4.15. The first-order chi connectivity index (χ1) is 7.70. The highest BCUT2D eigenvalue weighted by atomic mass is 32.1. The van der Waals surface area contributed by atoms with Crippen molar-refractivity contribution < 1.29 is 4.52 Å². The van der Waals surface area contributed by atoms with Crippen LogP contribution in [0.3, 0.4) is 0 Å². The Morgan fingerprint density at radius 1 is 1.56 bits per heavy atom. The molecule has 0 radical (unpaired) electrons. The molecule has 0 atom stereocenters.